The smallest absolute Gasteiger partial charge is 0.338 e. The number of benzene rings is 2. The number of ether oxygens (including phenoxy) is 1. The highest BCUT2D eigenvalue weighted by Crippen LogP contribution is 2.19. The number of carbonyl (C=O) groups is 3. The zero-order chi connectivity index (χ0) is 25.2. The highest BCUT2D eigenvalue weighted by molar-refractivity contribution is 7.99. The molecule has 2 aromatic carbocycles. The first-order chi connectivity index (χ1) is 16.9. The number of allylic oxidation sites excluding steroid dienone is 1. The van der Waals surface area contributed by atoms with Gasteiger partial charge >= 0.3 is 5.97 Å². The van der Waals surface area contributed by atoms with Crippen LogP contribution in [0.15, 0.2) is 66.3 Å². The number of aromatic nitrogens is 3. The van der Waals surface area contributed by atoms with Crippen LogP contribution < -0.4 is 10.6 Å². The van der Waals surface area contributed by atoms with Gasteiger partial charge in [0.15, 0.2) is 11.0 Å². The molecule has 1 aromatic heterocycles. The Labute approximate surface area is 208 Å². The maximum Gasteiger partial charge on any atom is 0.338 e. The molecule has 9 nitrogen and oxygen atoms in total. The van der Waals surface area contributed by atoms with Gasteiger partial charge in [-0.25, -0.2) is 4.79 Å². The van der Waals surface area contributed by atoms with E-state index in [4.69, 9.17) is 4.74 Å². The van der Waals surface area contributed by atoms with Crippen LogP contribution in [0.1, 0.15) is 39.0 Å². The van der Waals surface area contributed by atoms with E-state index in [0.29, 0.717) is 34.3 Å². The van der Waals surface area contributed by atoms with Crippen LogP contribution in [0.5, 0.6) is 0 Å². The van der Waals surface area contributed by atoms with E-state index < -0.39 is 5.97 Å². The van der Waals surface area contributed by atoms with Gasteiger partial charge in [-0.2, -0.15) is 0 Å². The van der Waals surface area contributed by atoms with Gasteiger partial charge in [-0.15, -0.1) is 16.8 Å². The lowest BCUT2D eigenvalue weighted by Crippen LogP contribution is -2.24. The monoisotopic (exact) mass is 493 g/mol. The number of carbonyl (C=O) groups excluding carboxylic acids is 3. The third-order valence-corrected chi connectivity index (χ3v) is 5.78. The summed E-state index contributed by atoms with van der Waals surface area (Å²) in [6.45, 7) is 8.33. The molecule has 2 N–H and O–H groups in total. The second-order valence-electron chi connectivity index (χ2n) is 7.48. The summed E-state index contributed by atoms with van der Waals surface area (Å²) in [7, 11) is 0. The lowest BCUT2D eigenvalue weighted by atomic mass is 10.1. The largest absolute Gasteiger partial charge is 0.462 e. The molecule has 0 fully saturated rings. The zero-order valence-corrected chi connectivity index (χ0v) is 20.4. The maximum absolute atomic E-state index is 12.5. The predicted octanol–water partition coefficient (Wildman–Crippen LogP) is 3.61. The summed E-state index contributed by atoms with van der Waals surface area (Å²) in [4.78, 5) is 36.8. The quantitative estimate of drug-likeness (QED) is 0.238. The van der Waals surface area contributed by atoms with Crippen LogP contribution in [-0.4, -0.2) is 44.9 Å². The van der Waals surface area contributed by atoms with Crippen LogP contribution in [0.4, 0.5) is 5.69 Å². The van der Waals surface area contributed by atoms with E-state index >= 15 is 0 Å². The second-order valence-corrected chi connectivity index (χ2v) is 8.43. The Morgan fingerprint density at radius 2 is 1.89 bits per heavy atom. The molecule has 2 amide bonds. The van der Waals surface area contributed by atoms with Crippen molar-refractivity contribution in [1.82, 2.24) is 20.1 Å². The number of esters is 1. The minimum atomic E-state index is -0.447. The van der Waals surface area contributed by atoms with E-state index in [1.165, 1.54) is 11.8 Å². The van der Waals surface area contributed by atoms with Gasteiger partial charge in [0.05, 0.1) is 24.5 Å². The van der Waals surface area contributed by atoms with Crippen molar-refractivity contribution in [2.75, 3.05) is 17.7 Å². The first kappa shape index (κ1) is 25.7. The number of aryl methyl sites for hydroxylation is 1. The Morgan fingerprint density at radius 3 is 2.60 bits per heavy atom. The number of amides is 2. The lowest BCUT2D eigenvalue weighted by molar-refractivity contribution is -0.113. The molecule has 0 spiro atoms. The van der Waals surface area contributed by atoms with E-state index in [2.05, 4.69) is 27.4 Å². The Bertz CT molecular complexity index is 1210. The van der Waals surface area contributed by atoms with E-state index in [0.717, 1.165) is 5.56 Å². The van der Waals surface area contributed by atoms with Crippen LogP contribution in [0.2, 0.25) is 0 Å². The number of nitrogens with zero attached hydrogens (tertiary/aromatic N) is 3. The van der Waals surface area contributed by atoms with E-state index in [-0.39, 0.29) is 30.7 Å². The topological polar surface area (TPSA) is 115 Å². The van der Waals surface area contributed by atoms with E-state index in [9.17, 15) is 14.4 Å². The van der Waals surface area contributed by atoms with Crippen LogP contribution in [0, 0.1) is 6.92 Å². The molecular weight excluding hydrogens is 466 g/mol. The van der Waals surface area contributed by atoms with Gasteiger partial charge in [-0.1, -0.05) is 41.6 Å². The normalized spacial score (nSPS) is 10.5. The molecule has 10 heteroatoms. The van der Waals surface area contributed by atoms with Gasteiger partial charge in [0.1, 0.15) is 0 Å². The lowest BCUT2D eigenvalue weighted by Gasteiger charge is -2.10. The molecule has 3 aromatic rings. The molecule has 182 valence electrons. The number of thioether (sulfide) groups is 1. The van der Waals surface area contributed by atoms with Crippen LogP contribution >= 0.6 is 11.8 Å². The summed E-state index contributed by atoms with van der Waals surface area (Å²) in [6, 6.07) is 13.8. The van der Waals surface area contributed by atoms with Gasteiger partial charge in [-0.05, 0) is 44.2 Å². The highest BCUT2D eigenvalue weighted by atomic mass is 32.2. The van der Waals surface area contributed by atoms with Crippen LogP contribution in [0.25, 0.3) is 0 Å². The van der Waals surface area contributed by atoms with Gasteiger partial charge in [0.25, 0.3) is 5.91 Å². The number of nitrogens with one attached hydrogen (secondary N) is 2. The molecule has 3 rings (SSSR count). The summed E-state index contributed by atoms with van der Waals surface area (Å²) in [6.07, 6.45) is 1.69. The maximum atomic E-state index is 12.5. The molecule has 0 aliphatic heterocycles. The molecule has 0 aliphatic carbocycles. The zero-order valence-electron chi connectivity index (χ0n) is 19.6. The molecule has 0 bridgehead atoms. The number of rotatable bonds is 11. The van der Waals surface area contributed by atoms with Crippen molar-refractivity contribution in [2.24, 2.45) is 0 Å². The third kappa shape index (κ3) is 7.28. The molecule has 0 saturated heterocycles. The molecule has 0 aliphatic rings. The average Bonchev–Trinajstić information content (AvgIpc) is 3.23. The van der Waals surface area contributed by atoms with Crippen molar-refractivity contribution in [1.29, 1.82) is 0 Å². The summed E-state index contributed by atoms with van der Waals surface area (Å²) < 4.78 is 6.78. The van der Waals surface area contributed by atoms with Gasteiger partial charge in [0.2, 0.25) is 5.91 Å². The first-order valence-electron chi connectivity index (χ1n) is 11.0. The van der Waals surface area contributed by atoms with Crippen LogP contribution in [-0.2, 0) is 22.6 Å². The summed E-state index contributed by atoms with van der Waals surface area (Å²) in [5, 5.41) is 14.5. The Balaban J connectivity index is 1.59. The van der Waals surface area contributed by atoms with Crippen LogP contribution in [0.3, 0.4) is 0 Å². The fraction of sp³-hybridized carbons (Fsp3) is 0.240. The second kappa shape index (κ2) is 12.5. The van der Waals surface area contributed by atoms with Gasteiger partial charge in [0, 0.05) is 17.8 Å². The first-order valence-corrected chi connectivity index (χ1v) is 12.0. The molecule has 1 heterocycles. The SMILES string of the molecule is C=CCn1c(CNC(=O)c2ccc(C)cc2)nnc1SCC(=O)Nc1cccc(C(=O)OCC)c1. The van der Waals surface area contributed by atoms with Crippen molar-refractivity contribution in [3.05, 3.63) is 83.7 Å². The van der Waals surface area contributed by atoms with Crippen molar-refractivity contribution in [2.45, 2.75) is 32.1 Å². The Kier molecular flexibility index (Phi) is 9.19. The standard InChI is InChI=1S/C25H27N5O4S/c1-4-13-30-21(15-26-23(32)18-11-9-17(3)10-12-18)28-29-25(30)35-16-22(31)27-20-8-6-7-19(14-20)24(33)34-5-2/h4,6-12,14H,1,5,13,15-16H2,2-3H3,(H,26,32)(H,27,31). The third-order valence-electron chi connectivity index (χ3n) is 4.82. The van der Waals surface area contributed by atoms with Crippen molar-refractivity contribution >= 4 is 35.2 Å². The number of hydrogen-bond donors (Lipinski definition) is 2. The minimum absolute atomic E-state index is 0.0780. The van der Waals surface area contributed by atoms with Gasteiger partial charge in [-0.3, -0.25) is 9.59 Å². The fourth-order valence-corrected chi connectivity index (χ4v) is 3.87. The van der Waals surface area contributed by atoms with E-state index in [1.807, 2.05) is 19.1 Å². The fourth-order valence-electron chi connectivity index (χ4n) is 3.10. The summed E-state index contributed by atoms with van der Waals surface area (Å²) in [5.74, 6) is -0.294. The Hall–Kier alpha value is -3.92. The molecule has 35 heavy (non-hydrogen) atoms. The minimum Gasteiger partial charge on any atom is -0.462 e. The molecule has 0 atom stereocenters. The Morgan fingerprint density at radius 1 is 1.11 bits per heavy atom. The molecule has 0 radical (unpaired) electrons. The van der Waals surface area contributed by atoms with Crippen molar-refractivity contribution < 1.29 is 19.1 Å². The number of hydrogen-bond acceptors (Lipinski definition) is 7. The highest BCUT2D eigenvalue weighted by Gasteiger charge is 2.15. The summed E-state index contributed by atoms with van der Waals surface area (Å²) >= 11 is 1.21. The molecule has 0 saturated carbocycles. The van der Waals surface area contributed by atoms with Crippen molar-refractivity contribution in [3.63, 3.8) is 0 Å². The average molecular weight is 494 g/mol. The predicted molar refractivity (Wildman–Crippen MR) is 134 cm³/mol. The summed E-state index contributed by atoms with van der Waals surface area (Å²) in [5.41, 5.74) is 2.49. The van der Waals surface area contributed by atoms with E-state index in [1.54, 1.807) is 54.0 Å². The van der Waals surface area contributed by atoms with Gasteiger partial charge < -0.3 is 19.9 Å². The molecular formula is C25H27N5O4S. The number of anilines is 1. The van der Waals surface area contributed by atoms with Crippen molar-refractivity contribution in [3.8, 4) is 0 Å². The molecule has 0 unspecified atom stereocenters.